The number of ether oxygens (including phenoxy) is 2. The molecular weight excluding hydrogens is 444 g/mol. The summed E-state index contributed by atoms with van der Waals surface area (Å²) in [6.07, 6.45) is 3.09. The molecule has 0 spiro atoms. The van der Waals surface area contributed by atoms with Crippen LogP contribution in [0.2, 0.25) is 0 Å². The van der Waals surface area contributed by atoms with E-state index in [4.69, 9.17) is 13.9 Å². The van der Waals surface area contributed by atoms with Gasteiger partial charge in [-0.1, -0.05) is 36.8 Å². The first-order valence-corrected chi connectivity index (χ1v) is 12.2. The van der Waals surface area contributed by atoms with Crippen molar-refractivity contribution in [1.82, 2.24) is 10.2 Å². The van der Waals surface area contributed by atoms with Crippen LogP contribution in [0.1, 0.15) is 62.2 Å². The second-order valence-corrected chi connectivity index (χ2v) is 9.24. The largest absolute Gasteiger partial charge is 0.466 e. The summed E-state index contributed by atoms with van der Waals surface area (Å²) in [4.78, 5) is 29.0. The molecule has 4 rings (SSSR count). The third-order valence-corrected chi connectivity index (χ3v) is 6.72. The number of rotatable bonds is 7. The number of dihydropyridines is 1. The fourth-order valence-corrected chi connectivity index (χ4v) is 4.99. The van der Waals surface area contributed by atoms with Crippen LogP contribution < -0.4 is 5.32 Å². The van der Waals surface area contributed by atoms with Crippen LogP contribution in [-0.4, -0.2) is 43.6 Å². The highest BCUT2D eigenvalue weighted by atomic mass is 16.5. The maximum absolute atomic E-state index is 13.8. The molecule has 0 radical (unpaired) electrons. The summed E-state index contributed by atoms with van der Waals surface area (Å²) in [6.45, 7) is 8.05. The van der Waals surface area contributed by atoms with Gasteiger partial charge in [0.25, 0.3) is 0 Å². The van der Waals surface area contributed by atoms with Gasteiger partial charge in [-0.15, -0.1) is 0 Å². The van der Waals surface area contributed by atoms with E-state index >= 15 is 0 Å². The predicted octanol–water partition coefficient (Wildman–Crippen LogP) is 4.77. The first-order chi connectivity index (χ1) is 16.9. The summed E-state index contributed by atoms with van der Waals surface area (Å²) in [5, 5.41) is 3.18. The van der Waals surface area contributed by atoms with Gasteiger partial charge in [-0.3, -0.25) is 4.90 Å². The SMILES string of the molecule is COC(=O)C1=C(C)NC(C)=C(C(=O)OC(CN2CCCCC2)c2ccccc2)C1c1ccc(C)o1. The monoisotopic (exact) mass is 478 g/mol. The lowest BCUT2D eigenvalue weighted by Gasteiger charge is -2.32. The highest BCUT2D eigenvalue weighted by molar-refractivity contribution is 5.99. The van der Waals surface area contributed by atoms with Gasteiger partial charge in [0.2, 0.25) is 0 Å². The summed E-state index contributed by atoms with van der Waals surface area (Å²) in [6, 6.07) is 13.4. The number of hydrogen-bond donors (Lipinski definition) is 1. The molecule has 1 aromatic carbocycles. The Bertz CT molecular complexity index is 1130. The number of nitrogens with zero attached hydrogens (tertiary/aromatic N) is 1. The third-order valence-electron chi connectivity index (χ3n) is 6.72. The number of methoxy groups -OCH3 is 1. The summed E-state index contributed by atoms with van der Waals surface area (Å²) >= 11 is 0. The van der Waals surface area contributed by atoms with E-state index in [1.807, 2.05) is 50.2 Å². The fraction of sp³-hybridized carbons (Fsp3) is 0.429. The van der Waals surface area contributed by atoms with Crippen molar-refractivity contribution in [3.05, 3.63) is 82.1 Å². The summed E-state index contributed by atoms with van der Waals surface area (Å²) in [7, 11) is 1.33. The van der Waals surface area contributed by atoms with Gasteiger partial charge in [-0.2, -0.15) is 0 Å². The zero-order valence-electron chi connectivity index (χ0n) is 20.9. The van der Waals surface area contributed by atoms with Gasteiger partial charge >= 0.3 is 11.9 Å². The van der Waals surface area contributed by atoms with E-state index < -0.39 is 24.0 Å². The van der Waals surface area contributed by atoms with Gasteiger partial charge in [0.15, 0.2) is 0 Å². The van der Waals surface area contributed by atoms with E-state index in [1.54, 1.807) is 13.0 Å². The lowest BCUT2D eigenvalue weighted by Crippen LogP contribution is -2.36. The summed E-state index contributed by atoms with van der Waals surface area (Å²) in [5.74, 6) is -0.523. The lowest BCUT2D eigenvalue weighted by atomic mass is 9.83. The average Bonchev–Trinajstić information content (AvgIpc) is 3.29. The number of esters is 2. The van der Waals surface area contributed by atoms with Crippen LogP contribution in [-0.2, 0) is 19.1 Å². The van der Waals surface area contributed by atoms with Gasteiger partial charge < -0.3 is 19.2 Å². The molecule has 0 amide bonds. The Labute approximate surface area is 206 Å². The van der Waals surface area contributed by atoms with Crippen LogP contribution in [0.25, 0.3) is 0 Å². The Morgan fingerprint density at radius 3 is 2.23 bits per heavy atom. The molecule has 0 aliphatic carbocycles. The first kappa shape index (κ1) is 24.8. The summed E-state index contributed by atoms with van der Waals surface area (Å²) < 4.78 is 17.2. The van der Waals surface area contributed by atoms with E-state index in [0.717, 1.165) is 31.5 Å². The molecule has 186 valence electrons. The molecule has 2 aliphatic heterocycles. The van der Waals surface area contributed by atoms with Crippen LogP contribution in [0.3, 0.4) is 0 Å². The number of aryl methyl sites for hydroxylation is 1. The van der Waals surface area contributed by atoms with Crippen molar-refractivity contribution >= 4 is 11.9 Å². The average molecular weight is 479 g/mol. The molecule has 2 atom stereocenters. The van der Waals surface area contributed by atoms with Crippen molar-refractivity contribution in [2.45, 2.75) is 52.1 Å². The van der Waals surface area contributed by atoms with Crippen LogP contribution in [0.15, 0.2) is 69.4 Å². The molecule has 7 nitrogen and oxygen atoms in total. The first-order valence-electron chi connectivity index (χ1n) is 12.2. The number of allylic oxidation sites excluding steroid dienone is 2. The molecule has 2 aromatic rings. The lowest BCUT2D eigenvalue weighted by molar-refractivity contribution is -0.146. The molecule has 1 fully saturated rings. The normalized spacial score (nSPS) is 19.8. The maximum atomic E-state index is 13.8. The molecule has 2 aliphatic rings. The fourth-order valence-electron chi connectivity index (χ4n) is 4.99. The third kappa shape index (κ3) is 5.51. The van der Waals surface area contributed by atoms with E-state index in [-0.39, 0.29) is 0 Å². The minimum absolute atomic E-state index is 0.340. The van der Waals surface area contributed by atoms with Crippen molar-refractivity contribution in [3.63, 3.8) is 0 Å². The Hall–Kier alpha value is -3.32. The van der Waals surface area contributed by atoms with Crippen molar-refractivity contribution < 1.29 is 23.5 Å². The number of benzene rings is 1. The maximum Gasteiger partial charge on any atom is 0.337 e. The van der Waals surface area contributed by atoms with Gasteiger partial charge in [-0.25, -0.2) is 9.59 Å². The van der Waals surface area contributed by atoms with Crippen molar-refractivity contribution in [2.24, 2.45) is 0 Å². The topological polar surface area (TPSA) is 81.0 Å². The second kappa shape index (κ2) is 11.0. The standard InChI is InChI=1S/C28H34N2O5/c1-18-13-14-22(34-18)26-24(27(31)33-4)19(2)29-20(3)25(26)28(32)35-23(21-11-7-5-8-12-21)17-30-15-9-6-10-16-30/h5,7-8,11-14,23,26,29H,6,9-10,15-17H2,1-4H3. The Balaban J connectivity index is 1.68. The molecule has 7 heteroatoms. The summed E-state index contributed by atoms with van der Waals surface area (Å²) in [5.41, 5.74) is 2.89. The van der Waals surface area contributed by atoms with Gasteiger partial charge in [0.1, 0.15) is 17.6 Å². The van der Waals surface area contributed by atoms with Crippen LogP contribution in [0.4, 0.5) is 0 Å². The number of likely N-dealkylation sites (tertiary alicyclic amines) is 1. The van der Waals surface area contributed by atoms with Crippen LogP contribution in [0, 0.1) is 6.92 Å². The number of furan rings is 1. The zero-order valence-corrected chi connectivity index (χ0v) is 20.9. The smallest absolute Gasteiger partial charge is 0.337 e. The highest BCUT2D eigenvalue weighted by Gasteiger charge is 2.40. The van der Waals surface area contributed by atoms with E-state index in [2.05, 4.69) is 10.2 Å². The van der Waals surface area contributed by atoms with Crippen LogP contribution >= 0.6 is 0 Å². The molecule has 2 unspecified atom stereocenters. The molecule has 1 aromatic heterocycles. The predicted molar refractivity (Wildman–Crippen MR) is 132 cm³/mol. The molecule has 35 heavy (non-hydrogen) atoms. The zero-order chi connectivity index (χ0) is 24.9. The number of carbonyl (C=O) groups excluding carboxylic acids is 2. The van der Waals surface area contributed by atoms with E-state index in [9.17, 15) is 9.59 Å². The van der Waals surface area contributed by atoms with Crippen LogP contribution in [0.5, 0.6) is 0 Å². The van der Waals surface area contributed by atoms with Crippen molar-refractivity contribution in [3.8, 4) is 0 Å². The Kier molecular flexibility index (Phi) is 7.76. The van der Waals surface area contributed by atoms with Gasteiger partial charge in [-0.05, 0) is 64.4 Å². The number of hydrogen-bond acceptors (Lipinski definition) is 7. The second-order valence-electron chi connectivity index (χ2n) is 9.24. The molecule has 1 saturated heterocycles. The van der Waals surface area contributed by atoms with E-state index in [0.29, 0.717) is 40.6 Å². The minimum Gasteiger partial charge on any atom is -0.466 e. The highest BCUT2D eigenvalue weighted by Crippen LogP contribution is 2.40. The Morgan fingerprint density at radius 1 is 0.971 bits per heavy atom. The molecule has 0 saturated carbocycles. The number of piperidine rings is 1. The van der Waals surface area contributed by atoms with Crippen molar-refractivity contribution in [2.75, 3.05) is 26.7 Å². The minimum atomic E-state index is -0.726. The number of nitrogens with one attached hydrogen (secondary N) is 1. The van der Waals surface area contributed by atoms with Gasteiger partial charge in [0, 0.05) is 17.9 Å². The quantitative estimate of drug-likeness (QED) is 0.574. The molecule has 3 heterocycles. The van der Waals surface area contributed by atoms with Crippen molar-refractivity contribution in [1.29, 1.82) is 0 Å². The van der Waals surface area contributed by atoms with E-state index in [1.165, 1.54) is 13.5 Å². The molecular formula is C28H34N2O5. The van der Waals surface area contributed by atoms with Gasteiger partial charge in [0.05, 0.1) is 24.2 Å². The molecule has 1 N–H and O–H groups in total. The number of carbonyl (C=O) groups is 2. The molecule has 0 bridgehead atoms. The Morgan fingerprint density at radius 2 is 1.63 bits per heavy atom.